The van der Waals surface area contributed by atoms with Gasteiger partial charge in [0.25, 0.3) is 0 Å². The highest BCUT2D eigenvalue weighted by Crippen LogP contribution is 2.29. The van der Waals surface area contributed by atoms with Crippen LogP contribution in [0, 0.1) is 12.8 Å². The predicted molar refractivity (Wildman–Crippen MR) is 57.1 cm³/mol. The van der Waals surface area contributed by atoms with Crippen molar-refractivity contribution in [2.24, 2.45) is 5.92 Å². The zero-order valence-electron chi connectivity index (χ0n) is 8.40. The van der Waals surface area contributed by atoms with Crippen molar-refractivity contribution in [1.82, 2.24) is 9.97 Å². The summed E-state index contributed by atoms with van der Waals surface area (Å²) in [6, 6.07) is 1.89. The molecule has 1 aliphatic rings. The highest BCUT2D eigenvalue weighted by molar-refractivity contribution is 5.25. The van der Waals surface area contributed by atoms with Crippen molar-refractivity contribution in [1.29, 1.82) is 0 Å². The summed E-state index contributed by atoms with van der Waals surface area (Å²) >= 11 is 0. The first-order valence-corrected chi connectivity index (χ1v) is 5.05. The Morgan fingerprint density at radius 3 is 3.14 bits per heavy atom. The van der Waals surface area contributed by atoms with Crippen LogP contribution in [0.5, 0.6) is 0 Å². The Balaban J connectivity index is 1.79. The van der Waals surface area contributed by atoms with E-state index in [0.29, 0.717) is 5.95 Å². The van der Waals surface area contributed by atoms with Gasteiger partial charge in [-0.15, -0.1) is 0 Å². The van der Waals surface area contributed by atoms with E-state index in [-0.39, 0.29) is 0 Å². The highest BCUT2D eigenvalue weighted by atomic mass is 15.1. The van der Waals surface area contributed by atoms with Crippen molar-refractivity contribution in [3.63, 3.8) is 0 Å². The SMILES string of the molecule is Cc1ccnc(NC/C=C/C2CC2)n1. The van der Waals surface area contributed by atoms with Crippen molar-refractivity contribution in [2.45, 2.75) is 19.8 Å². The molecule has 1 fully saturated rings. The van der Waals surface area contributed by atoms with E-state index in [1.807, 2.05) is 13.0 Å². The Kier molecular flexibility index (Phi) is 2.77. The predicted octanol–water partition coefficient (Wildman–Crippen LogP) is 2.16. The molecule has 0 bridgehead atoms. The average Bonchev–Trinajstić information content (AvgIpc) is 2.96. The van der Waals surface area contributed by atoms with E-state index in [1.165, 1.54) is 12.8 Å². The first-order chi connectivity index (χ1) is 6.84. The third kappa shape index (κ3) is 2.83. The van der Waals surface area contributed by atoms with Gasteiger partial charge in [0.1, 0.15) is 0 Å². The second-order valence-corrected chi connectivity index (χ2v) is 3.67. The maximum Gasteiger partial charge on any atom is 0.223 e. The monoisotopic (exact) mass is 189 g/mol. The largest absolute Gasteiger partial charge is 0.351 e. The van der Waals surface area contributed by atoms with Crippen molar-refractivity contribution >= 4 is 5.95 Å². The summed E-state index contributed by atoms with van der Waals surface area (Å²) in [6.07, 6.45) is 8.91. The van der Waals surface area contributed by atoms with Gasteiger partial charge in [0.15, 0.2) is 0 Å². The molecule has 3 nitrogen and oxygen atoms in total. The fourth-order valence-electron chi connectivity index (χ4n) is 1.23. The molecule has 0 aliphatic heterocycles. The van der Waals surface area contributed by atoms with Crippen molar-refractivity contribution < 1.29 is 0 Å². The van der Waals surface area contributed by atoms with Gasteiger partial charge < -0.3 is 5.32 Å². The summed E-state index contributed by atoms with van der Waals surface area (Å²) < 4.78 is 0. The lowest BCUT2D eigenvalue weighted by molar-refractivity contribution is 1.06. The Morgan fingerprint density at radius 1 is 1.57 bits per heavy atom. The minimum absolute atomic E-state index is 0.713. The molecule has 1 heterocycles. The van der Waals surface area contributed by atoms with Crippen molar-refractivity contribution in [3.8, 4) is 0 Å². The number of allylic oxidation sites excluding steroid dienone is 1. The van der Waals surface area contributed by atoms with Crippen LogP contribution < -0.4 is 5.32 Å². The lowest BCUT2D eigenvalue weighted by Crippen LogP contribution is -2.03. The van der Waals surface area contributed by atoms with Gasteiger partial charge in [0.2, 0.25) is 5.95 Å². The highest BCUT2D eigenvalue weighted by Gasteiger charge is 2.16. The Hall–Kier alpha value is -1.38. The van der Waals surface area contributed by atoms with E-state index in [0.717, 1.165) is 18.2 Å². The number of nitrogens with one attached hydrogen (secondary N) is 1. The van der Waals surface area contributed by atoms with Gasteiger partial charge in [-0.3, -0.25) is 0 Å². The number of nitrogens with zero attached hydrogens (tertiary/aromatic N) is 2. The van der Waals surface area contributed by atoms with Gasteiger partial charge in [0.05, 0.1) is 0 Å². The Bertz CT molecular complexity index is 329. The van der Waals surface area contributed by atoms with E-state index in [2.05, 4.69) is 27.4 Å². The van der Waals surface area contributed by atoms with Crippen LogP contribution >= 0.6 is 0 Å². The zero-order chi connectivity index (χ0) is 9.80. The van der Waals surface area contributed by atoms with Crippen molar-refractivity contribution in [2.75, 3.05) is 11.9 Å². The molecule has 0 amide bonds. The van der Waals surface area contributed by atoms with E-state index < -0.39 is 0 Å². The molecular weight excluding hydrogens is 174 g/mol. The molecule has 1 saturated carbocycles. The maximum absolute atomic E-state index is 4.25. The summed E-state index contributed by atoms with van der Waals surface area (Å²) in [7, 11) is 0. The molecule has 74 valence electrons. The van der Waals surface area contributed by atoms with Gasteiger partial charge in [-0.25, -0.2) is 9.97 Å². The molecule has 3 heteroatoms. The standard InChI is InChI=1S/C11H15N3/c1-9-6-8-13-11(14-9)12-7-2-3-10-4-5-10/h2-3,6,8,10H,4-5,7H2,1H3,(H,12,13,14)/b3-2+. The van der Waals surface area contributed by atoms with E-state index in [4.69, 9.17) is 0 Å². The quantitative estimate of drug-likeness (QED) is 0.737. The first-order valence-electron chi connectivity index (χ1n) is 5.05. The fourth-order valence-corrected chi connectivity index (χ4v) is 1.23. The summed E-state index contributed by atoms with van der Waals surface area (Å²) in [6.45, 7) is 2.78. The molecule has 2 rings (SSSR count). The first kappa shape index (κ1) is 9.19. The van der Waals surface area contributed by atoms with Crippen molar-refractivity contribution in [3.05, 3.63) is 30.1 Å². The summed E-state index contributed by atoms with van der Waals surface area (Å²) in [4.78, 5) is 8.37. The molecule has 0 spiro atoms. The fraction of sp³-hybridized carbons (Fsp3) is 0.455. The smallest absolute Gasteiger partial charge is 0.223 e. The van der Waals surface area contributed by atoms with Crippen LogP contribution in [0.2, 0.25) is 0 Å². The van der Waals surface area contributed by atoms with Crippen LogP contribution in [0.1, 0.15) is 18.5 Å². The number of rotatable bonds is 4. The topological polar surface area (TPSA) is 37.8 Å². The number of hydrogen-bond acceptors (Lipinski definition) is 3. The molecule has 1 N–H and O–H groups in total. The average molecular weight is 189 g/mol. The van der Waals surface area contributed by atoms with Gasteiger partial charge in [-0.2, -0.15) is 0 Å². The van der Waals surface area contributed by atoms with Crippen LogP contribution in [0.25, 0.3) is 0 Å². The van der Waals surface area contributed by atoms with Crippen LogP contribution in [-0.4, -0.2) is 16.5 Å². The van der Waals surface area contributed by atoms with Gasteiger partial charge in [-0.05, 0) is 31.7 Å². The molecule has 0 saturated heterocycles. The number of hydrogen-bond donors (Lipinski definition) is 1. The second-order valence-electron chi connectivity index (χ2n) is 3.67. The normalized spacial score (nSPS) is 16.1. The second kappa shape index (κ2) is 4.22. The number of aromatic nitrogens is 2. The number of anilines is 1. The van der Waals surface area contributed by atoms with Crippen LogP contribution in [0.3, 0.4) is 0 Å². The van der Waals surface area contributed by atoms with Crippen LogP contribution in [-0.2, 0) is 0 Å². The van der Waals surface area contributed by atoms with Crippen LogP contribution in [0.15, 0.2) is 24.4 Å². The van der Waals surface area contributed by atoms with Gasteiger partial charge >= 0.3 is 0 Å². The maximum atomic E-state index is 4.25. The summed E-state index contributed by atoms with van der Waals surface area (Å²) in [5, 5.41) is 3.16. The summed E-state index contributed by atoms with van der Waals surface area (Å²) in [5.74, 6) is 1.56. The molecule has 0 aromatic carbocycles. The minimum atomic E-state index is 0.713. The van der Waals surface area contributed by atoms with Gasteiger partial charge in [0, 0.05) is 18.4 Å². The molecule has 1 aliphatic carbocycles. The zero-order valence-corrected chi connectivity index (χ0v) is 8.40. The lowest BCUT2D eigenvalue weighted by Gasteiger charge is -2.00. The molecule has 0 unspecified atom stereocenters. The summed E-state index contributed by atoms with van der Waals surface area (Å²) in [5.41, 5.74) is 0.994. The number of aryl methyl sites for hydroxylation is 1. The van der Waals surface area contributed by atoms with Gasteiger partial charge in [-0.1, -0.05) is 12.2 Å². The van der Waals surface area contributed by atoms with E-state index in [9.17, 15) is 0 Å². The van der Waals surface area contributed by atoms with E-state index in [1.54, 1.807) is 6.20 Å². The molecule has 0 atom stereocenters. The van der Waals surface area contributed by atoms with Crippen LogP contribution in [0.4, 0.5) is 5.95 Å². The molecular formula is C11H15N3. The Morgan fingerprint density at radius 2 is 2.43 bits per heavy atom. The third-order valence-corrected chi connectivity index (χ3v) is 2.20. The third-order valence-electron chi connectivity index (χ3n) is 2.20. The lowest BCUT2D eigenvalue weighted by atomic mass is 10.4. The van der Waals surface area contributed by atoms with E-state index >= 15 is 0 Å². The Labute approximate surface area is 84.3 Å². The molecule has 1 aromatic heterocycles. The molecule has 0 radical (unpaired) electrons. The minimum Gasteiger partial charge on any atom is -0.351 e. The molecule has 14 heavy (non-hydrogen) atoms. The molecule has 1 aromatic rings.